The zero-order valence-electron chi connectivity index (χ0n) is 21.3. The SMILES string of the molecule is CC(CC(C)(C)C(=O)NC(C)(C)CC(C)(C)C(C)C)N1C(=O)CC(SCC(O)CO)C1=O. The number of carbonyl (C=O) groups excluding carboxylic acids is 3. The van der Waals surface area contributed by atoms with E-state index in [4.69, 9.17) is 5.11 Å². The van der Waals surface area contributed by atoms with Crippen LogP contribution in [0.2, 0.25) is 0 Å². The van der Waals surface area contributed by atoms with Crippen molar-refractivity contribution in [3.8, 4) is 0 Å². The van der Waals surface area contributed by atoms with Crippen LogP contribution in [0.25, 0.3) is 0 Å². The quantitative estimate of drug-likeness (QED) is 0.377. The second-order valence-corrected chi connectivity index (χ2v) is 12.8. The van der Waals surface area contributed by atoms with Crippen LogP contribution in [0.1, 0.15) is 81.6 Å². The predicted octanol–water partition coefficient (Wildman–Crippen LogP) is 2.97. The van der Waals surface area contributed by atoms with Crippen LogP contribution in [-0.2, 0) is 14.4 Å². The number of hydrogen-bond donors (Lipinski definition) is 3. The minimum absolute atomic E-state index is 0.0683. The van der Waals surface area contributed by atoms with E-state index in [1.54, 1.807) is 6.92 Å². The number of carbonyl (C=O) groups is 3. The van der Waals surface area contributed by atoms with E-state index < -0.39 is 22.8 Å². The topological polar surface area (TPSA) is 107 Å². The van der Waals surface area contributed by atoms with Gasteiger partial charge in [0.1, 0.15) is 0 Å². The second kappa shape index (κ2) is 10.9. The number of nitrogens with one attached hydrogen (secondary N) is 1. The Morgan fingerprint density at radius 2 is 1.72 bits per heavy atom. The Bertz CT molecular complexity index is 690. The van der Waals surface area contributed by atoms with Gasteiger partial charge in [0.15, 0.2) is 0 Å². The van der Waals surface area contributed by atoms with Gasteiger partial charge in [-0.15, -0.1) is 11.8 Å². The van der Waals surface area contributed by atoms with Gasteiger partial charge in [0, 0.05) is 29.2 Å². The first-order valence-electron chi connectivity index (χ1n) is 11.5. The third-order valence-corrected chi connectivity index (χ3v) is 7.96. The standard InChI is InChI=1S/C24H44N2O5S/c1-15(2)23(6,7)14-24(8,9)25-21(31)22(4,5)11-16(3)26-19(29)10-18(20(26)30)32-13-17(28)12-27/h15-18,27-28H,10-14H2,1-9H3,(H,25,31). The highest BCUT2D eigenvalue weighted by atomic mass is 32.2. The first kappa shape index (κ1) is 28.9. The lowest BCUT2D eigenvalue weighted by Crippen LogP contribution is -2.52. The molecule has 3 N–H and O–H groups in total. The number of nitrogens with zero attached hydrogens (tertiary/aromatic N) is 1. The molecule has 8 heteroatoms. The summed E-state index contributed by atoms with van der Waals surface area (Å²) in [6.45, 7) is 18.0. The van der Waals surface area contributed by atoms with Crippen LogP contribution in [0.4, 0.5) is 0 Å². The van der Waals surface area contributed by atoms with Gasteiger partial charge in [0.2, 0.25) is 17.7 Å². The Balaban J connectivity index is 2.79. The average Bonchev–Trinajstić information content (AvgIpc) is 2.91. The van der Waals surface area contributed by atoms with Gasteiger partial charge in [-0.25, -0.2) is 0 Å². The Morgan fingerprint density at radius 1 is 1.16 bits per heavy atom. The minimum Gasteiger partial charge on any atom is -0.394 e. The normalized spacial score (nSPS) is 20.1. The smallest absolute Gasteiger partial charge is 0.243 e. The summed E-state index contributed by atoms with van der Waals surface area (Å²) in [7, 11) is 0. The summed E-state index contributed by atoms with van der Waals surface area (Å²) in [5.74, 6) is 0.0350. The zero-order valence-corrected chi connectivity index (χ0v) is 22.1. The lowest BCUT2D eigenvalue weighted by Gasteiger charge is -2.40. The van der Waals surface area contributed by atoms with Crippen molar-refractivity contribution in [1.29, 1.82) is 0 Å². The Hall–Kier alpha value is -1.12. The summed E-state index contributed by atoms with van der Waals surface area (Å²) >= 11 is 1.19. The van der Waals surface area contributed by atoms with Crippen LogP contribution in [0.15, 0.2) is 0 Å². The van der Waals surface area contributed by atoms with Gasteiger partial charge in [-0.3, -0.25) is 19.3 Å². The number of amides is 3. The Morgan fingerprint density at radius 3 is 2.22 bits per heavy atom. The summed E-state index contributed by atoms with van der Waals surface area (Å²) in [4.78, 5) is 39.8. The van der Waals surface area contributed by atoms with Gasteiger partial charge in [0.05, 0.1) is 18.0 Å². The van der Waals surface area contributed by atoms with E-state index in [1.807, 2.05) is 27.7 Å². The highest BCUT2D eigenvalue weighted by Gasteiger charge is 2.44. The van der Waals surface area contributed by atoms with Crippen LogP contribution in [-0.4, -0.2) is 68.1 Å². The lowest BCUT2D eigenvalue weighted by atomic mass is 9.72. The summed E-state index contributed by atoms with van der Waals surface area (Å²) in [6.07, 6.45) is 0.351. The first-order valence-corrected chi connectivity index (χ1v) is 12.6. The Labute approximate surface area is 198 Å². The molecule has 1 fully saturated rings. The predicted molar refractivity (Wildman–Crippen MR) is 129 cm³/mol. The van der Waals surface area contributed by atoms with Crippen molar-refractivity contribution in [1.82, 2.24) is 10.2 Å². The molecule has 1 saturated heterocycles. The molecule has 7 nitrogen and oxygen atoms in total. The summed E-state index contributed by atoms with van der Waals surface area (Å²) in [6, 6.07) is -0.417. The number of rotatable bonds is 12. The summed E-state index contributed by atoms with van der Waals surface area (Å²) in [5.41, 5.74) is -1.09. The van der Waals surface area contributed by atoms with Crippen molar-refractivity contribution < 1.29 is 24.6 Å². The van der Waals surface area contributed by atoms with Gasteiger partial charge in [0.25, 0.3) is 0 Å². The fraction of sp³-hybridized carbons (Fsp3) is 0.875. The number of likely N-dealkylation sites (tertiary alicyclic amines) is 1. The van der Waals surface area contributed by atoms with Gasteiger partial charge in [-0.1, -0.05) is 41.5 Å². The first-order chi connectivity index (χ1) is 14.4. The molecule has 0 aromatic carbocycles. The summed E-state index contributed by atoms with van der Waals surface area (Å²) < 4.78 is 0. The largest absolute Gasteiger partial charge is 0.394 e. The van der Waals surface area contributed by atoms with E-state index in [-0.39, 0.29) is 47.5 Å². The van der Waals surface area contributed by atoms with E-state index in [9.17, 15) is 19.5 Å². The molecule has 0 aromatic rings. The van der Waals surface area contributed by atoms with Gasteiger partial charge >= 0.3 is 0 Å². The van der Waals surface area contributed by atoms with Crippen molar-refractivity contribution in [3.63, 3.8) is 0 Å². The molecular formula is C24H44N2O5S. The van der Waals surface area contributed by atoms with Crippen molar-refractivity contribution in [2.24, 2.45) is 16.7 Å². The van der Waals surface area contributed by atoms with Crippen molar-refractivity contribution in [2.75, 3.05) is 12.4 Å². The van der Waals surface area contributed by atoms with Gasteiger partial charge in [-0.2, -0.15) is 0 Å². The van der Waals surface area contributed by atoms with Crippen LogP contribution in [0, 0.1) is 16.7 Å². The van der Waals surface area contributed by atoms with E-state index in [1.165, 1.54) is 16.7 Å². The van der Waals surface area contributed by atoms with Crippen LogP contribution < -0.4 is 5.32 Å². The maximum absolute atomic E-state index is 13.2. The van der Waals surface area contributed by atoms with Crippen LogP contribution in [0.5, 0.6) is 0 Å². The molecule has 186 valence electrons. The van der Waals surface area contributed by atoms with Crippen LogP contribution in [0.3, 0.4) is 0 Å². The van der Waals surface area contributed by atoms with E-state index in [0.717, 1.165) is 6.42 Å². The molecule has 0 saturated carbocycles. The molecular weight excluding hydrogens is 428 g/mol. The lowest BCUT2D eigenvalue weighted by molar-refractivity contribution is -0.143. The molecule has 3 atom stereocenters. The minimum atomic E-state index is -0.916. The number of aliphatic hydroxyl groups excluding tert-OH is 2. The van der Waals surface area contributed by atoms with Crippen molar-refractivity contribution >= 4 is 29.5 Å². The fourth-order valence-electron chi connectivity index (χ4n) is 4.28. The molecule has 1 aliphatic rings. The molecule has 0 radical (unpaired) electrons. The van der Waals surface area contributed by atoms with E-state index in [2.05, 4.69) is 33.0 Å². The Kier molecular flexibility index (Phi) is 9.82. The molecule has 1 aliphatic heterocycles. The van der Waals surface area contributed by atoms with Crippen molar-refractivity contribution in [3.05, 3.63) is 0 Å². The molecule has 3 amide bonds. The molecule has 3 unspecified atom stereocenters. The maximum Gasteiger partial charge on any atom is 0.243 e. The van der Waals surface area contributed by atoms with E-state index in [0.29, 0.717) is 12.3 Å². The zero-order chi connectivity index (χ0) is 25.1. The number of aliphatic hydroxyl groups is 2. The highest BCUT2D eigenvalue weighted by Crippen LogP contribution is 2.36. The van der Waals surface area contributed by atoms with Crippen molar-refractivity contribution in [2.45, 2.75) is 105 Å². The third-order valence-electron chi connectivity index (χ3n) is 6.62. The molecule has 0 bridgehead atoms. The molecule has 0 aromatic heterocycles. The van der Waals surface area contributed by atoms with Crippen LogP contribution >= 0.6 is 11.8 Å². The third kappa shape index (κ3) is 7.73. The number of hydrogen-bond acceptors (Lipinski definition) is 6. The summed E-state index contributed by atoms with van der Waals surface area (Å²) in [5, 5.41) is 21.1. The second-order valence-electron chi connectivity index (χ2n) is 11.6. The van der Waals surface area contributed by atoms with Gasteiger partial charge in [-0.05, 0) is 44.9 Å². The van der Waals surface area contributed by atoms with E-state index >= 15 is 0 Å². The molecule has 0 aliphatic carbocycles. The van der Waals surface area contributed by atoms with Gasteiger partial charge < -0.3 is 15.5 Å². The average molecular weight is 473 g/mol. The number of imide groups is 1. The maximum atomic E-state index is 13.2. The fourth-order valence-corrected chi connectivity index (χ4v) is 5.36. The molecule has 1 rings (SSSR count). The highest BCUT2D eigenvalue weighted by molar-refractivity contribution is 8.00. The molecule has 0 spiro atoms. The molecule has 1 heterocycles. The molecule has 32 heavy (non-hydrogen) atoms. The number of thioether (sulfide) groups is 1. The monoisotopic (exact) mass is 472 g/mol.